The van der Waals surface area contributed by atoms with Crippen molar-refractivity contribution < 1.29 is 24.0 Å². The van der Waals surface area contributed by atoms with E-state index in [1.54, 1.807) is 11.9 Å². The van der Waals surface area contributed by atoms with Crippen LogP contribution in [0.4, 0.5) is 15.8 Å². The summed E-state index contributed by atoms with van der Waals surface area (Å²) in [5.74, 6) is -2.26. The van der Waals surface area contributed by atoms with Crippen LogP contribution in [-0.2, 0) is 4.74 Å². The van der Waals surface area contributed by atoms with Crippen molar-refractivity contribution in [2.75, 3.05) is 25.2 Å². The molecule has 1 heterocycles. The maximum Gasteiger partial charge on any atom is 0.342 e. The second-order valence-corrected chi connectivity index (χ2v) is 4.84. The Morgan fingerprint density at radius 2 is 2.10 bits per heavy atom. The van der Waals surface area contributed by atoms with Crippen LogP contribution in [0.1, 0.15) is 23.2 Å². The Bertz CT molecular complexity index is 572. The van der Waals surface area contributed by atoms with Gasteiger partial charge in [-0.25, -0.2) is 9.18 Å². The SMILES string of the molecule is CN(c1cc(C(=O)O)c([N+](=O)[O-])cc1F)C1CCOCC1. The molecule has 0 amide bonds. The molecule has 0 atom stereocenters. The molecule has 2 rings (SSSR count). The molecule has 8 heteroatoms. The van der Waals surface area contributed by atoms with Crippen LogP contribution in [0.25, 0.3) is 0 Å². The minimum absolute atomic E-state index is 0.0105. The molecule has 1 aromatic carbocycles. The highest BCUT2D eigenvalue weighted by atomic mass is 19.1. The minimum Gasteiger partial charge on any atom is -0.477 e. The van der Waals surface area contributed by atoms with Gasteiger partial charge in [-0.15, -0.1) is 0 Å². The van der Waals surface area contributed by atoms with Crippen LogP contribution >= 0.6 is 0 Å². The van der Waals surface area contributed by atoms with Crippen LogP contribution < -0.4 is 4.90 Å². The van der Waals surface area contributed by atoms with Crippen LogP contribution in [0, 0.1) is 15.9 Å². The van der Waals surface area contributed by atoms with E-state index >= 15 is 0 Å². The lowest BCUT2D eigenvalue weighted by Crippen LogP contribution is -2.37. The molecule has 1 N–H and O–H groups in total. The summed E-state index contributed by atoms with van der Waals surface area (Å²) in [5, 5.41) is 19.9. The van der Waals surface area contributed by atoms with E-state index in [-0.39, 0.29) is 11.7 Å². The number of aromatic carboxylic acids is 1. The van der Waals surface area contributed by atoms with E-state index < -0.39 is 28.0 Å². The van der Waals surface area contributed by atoms with Gasteiger partial charge in [-0.1, -0.05) is 0 Å². The van der Waals surface area contributed by atoms with Crippen molar-refractivity contribution in [2.45, 2.75) is 18.9 Å². The summed E-state index contributed by atoms with van der Waals surface area (Å²) in [6, 6.07) is 1.69. The maximum absolute atomic E-state index is 14.1. The van der Waals surface area contributed by atoms with Gasteiger partial charge in [0.05, 0.1) is 16.7 Å². The molecule has 0 aromatic heterocycles. The molecule has 0 aliphatic carbocycles. The lowest BCUT2D eigenvalue weighted by molar-refractivity contribution is -0.385. The first-order valence-electron chi connectivity index (χ1n) is 6.43. The molecule has 21 heavy (non-hydrogen) atoms. The third-order valence-corrected chi connectivity index (χ3v) is 3.61. The van der Waals surface area contributed by atoms with Gasteiger partial charge in [0.15, 0.2) is 5.82 Å². The van der Waals surface area contributed by atoms with Crippen LogP contribution in [0.2, 0.25) is 0 Å². The number of carboxylic acids is 1. The molecule has 0 unspecified atom stereocenters. The normalized spacial score (nSPS) is 15.7. The highest BCUT2D eigenvalue weighted by Gasteiger charge is 2.27. The number of benzene rings is 1. The topological polar surface area (TPSA) is 92.9 Å². The molecular formula is C13H15FN2O5. The molecule has 114 valence electrons. The summed E-state index contributed by atoms with van der Waals surface area (Å²) < 4.78 is 19.3. The second-order valence-electron chi connectivity index (χ2n) is 4.84. The van der Waals surface area contributed by atoms with Gasteiger partial charge in [-0.2, -0.15) is 0 Å². The van der Waals surface area contributed by atoms with Gasteiger partial charge in [0.1, 0.15) is 5.56 Å². The minimum atomic E-state index is -1.46. The number of halogens is 1. The molecular weight excluding hydrogens is 283 g/mol. The van der Waals surface area contributed by atoms with Gasteiger partial charge >= 0.3 is 5.97 Å². The average molecular weight is 298 g/mol. The summed E-state index contributed by atoms with van der Waals surface area (Å²) in [5.41, 5.74) is -1.22. The third kappa shape index (κ3) is 3.10. The zero-order valence-corrected chi connectivity index (χ0v) is 11.4. The number of anilines is 1. The van der Waals surface area contributed by atoms with E-state index in [0.29, 0.717) is 32.1 Å². The van der Waals surface area contributed by atoms with Crippen LogP contribution in [0.5, 0.6) is 0 Å². The Balaban J connectivity index is 2.41. The molecule has 7 nitrogen and oxygen atoms in total. The monoisotopic (exact) mass is 298 g/mol. The number of nitro groups is 1. The number of hydrogen-bond acceptors (Lipinski definition) is 5. The smallest absolute Gasteiger partial charge is 0.342 e. The predicted molar refractivity (Wildman–Crippen MR) is 72.3 cm³/mol. The molecule has 0 saturated carbocycles. The predicted octanol–water partition coefficient (Wildman–Crippen LogP) is 2.05. The van der Waals surface area contributed by atoms with E-state index in [2.05, 4.69) is 0 Å². The second kappa shape index (κ2) is 6.04. The number of ether oxygens (including phenoxy) is 1. The lowest BCUT2D eigenvalue weighted by Gasteiger charge is -2.33. The number of carbonyl (C=O) groups is 1. The van der Waals surface area contributed by atoms with Gasteiger partial charge in [-0.05, 0) is 18.9 Å². The van der Waals surface area contributed by atoms with E-state index in [1.165, 1.54) is 0 Å². The molecule has 1 fully saturated rings. The first-order chi connectivity index (χ1) is 9.91. The molecule has 1 aliphatic rings. The Kier molecular flexibility index (Phi) is 4.37. The Morgan fingerprint density at radius 1 is 1.48 bits per heavy atom. The molecule has 1 saturated heterocycles. The van der Waals surface area contributed by atoms with Crippen molar-refractivity contribution in [1.29, 1.82) is 0 Å². The Hall–Kier alpha value is -2.22. The van der Waals surface area contributed by atoms with Gasteiger partial charge < -0.3 is 14.7 Å². The van der Waals surface area contributed by atoms with Gasteiger partial charge in [-0.3, -0.25) is 10.1 Å². The summed E-state index contributed by atoms with van der Waals surface area (Å²) in [6.45, 7) is 1.10. The maximum atomic E-state index is 14.1. The van der Waals surface area contributed by atoms with E-state index in [9.17, 15) is 19.3 Å². The van der Waals surface area contributed by atoms with Crippen LogP contribution in [0.15, 0.2) is 12.1 Å². The highest BCUT2D eigenvalue weighted by Crippen LogP contribution is 2.30. The van der Waals surface area contributed by atoms with Gasteiger partial charge in [0.25, 0.3) is 5.69 Å². The van der Waals surface area contributed by atoms with Crippen molar-refractivity contribution in [3.8, 4) is 0 Å². The van der Waals surface area contributed by atoms with Crippen LogP contribution in [0.3, 0.4) is 0 Å². The standard InChI is InChI=1S/C13H15FN2O5/c1-15(8-2-4-21-5-3-8)12-6-9(13(17)18)11(16(19)20)7-10(12)14/h6-8H,2-5H2,1H3,(H,17,18). The zero-order chi connectivity index (χ0) is 15.6. The van der Waals surface area contributed by atoms with Crippen molar-refractivity contribution >= 4 is 17.3 Å². The fraction of sp³-hybridized carbons (Fsp3) is 0.462. The third-order valence-electron chi connectivity index (χ3n) is 3.61. The number of rotatable bonds is 4. The van der Waals surface area contributed by atoms with E-state index in [0.717, 1.165) is 6.07 Å². The first-order valence-corrected chi connectivity index (χ1v) is 6.43. The fourth-order valence-corrected chi connectivity index (χ4v) is 2.41. The molecule has 0 spiro atoms. The number of carboxylic acid groups (broad SMARTS) is 1. The zero-order valence-electron chi connectivity index (χ0n) is 11.4. The quantitative estimate of drug-likeness (QED) is 0.675. The largest absolute Gasteiger partial charge is 0.477 e. The summed E-state index contributed by atoms with van der Waals surface area (Å²) in [6.07, 6.45) is 1.38. The van der Waals surface area contributed by atoms with Crippen molar-refractivity contribution in [1.82, 2.24) is 0 Å². The number of nitro benzene ring substituents is 1. The van der Waals surface area contributed by atoms with Crippen LogP contribution in [-0.4, -0.2) is 42.3 Å². The lowest BCUT2D eigenvalue weighted by atomic mass is 10.1. The molecule has 1 aromatic rings. The number of hydrogen-bond donors (Lipinski definition) is 1. The molecule has 0 bridgehead atoms. The average Bonchev–Trinajstić information content (AvgIpc) is 2.46. The first kappa shape index (κ1) is 15.2. The Labute approximate surface area is 120 Å². The van der Waals surface area contributed by atoms with Gasteiger partial charge in [0, 0.05) is 26.3 Å². The van der Waals surface area contributed by atoms with E-state index in [1.807, 2.05) is 0 Å². The summed E-state index contributed by atoms with van der Waals surface area (Å²) in [7, 11) is 1.64. The van der Waals surface area contributed by atoms with Crippen molar-refractivity contribution in [2.24, 2.45) is 0 Å². The summed E-state index contributed by atoms with van der Waals surface area (Å²) >= 11 is 0. The molecule has 0 radical (unpaired) electrons. The fourth-order valence-electron chi connectivity index (χ4n) is 2.41. The summed E-state index contributed by atoms with van der Waals surface area (Å²) in [4.78, 5) is 22.7. The Morgan fingerprint density at radius 3 is 2.62 bits per heavy atom. The van der Waals surface area contributed by atoms with E-state index in [4.69, 9.17) is 9.84 Å². The van der Waals surface area contributed by atoms with Gasteiger partial charge in [0.2, 0.25) is 0 Å². The molecule has 1 aliphatic heterocycles. The van der Waals surface area contributed by atoms with Crippen molar-refractivity contribution in [3.05, 3.63) is 33.6 Å². The van der Waals surface area contributed by atoms with Crippen molar-refractivity contribution in [3.63, 3.8) is 0 Å². The highest BCUT2D eigenvalue weighted by molar-refractivity contribution is 5.93. The number of nitrogens with zero attached hydrogens (tertiary/aromatic N) is 2.